The molecule has 6 nitrogen and oxygen atoms in total. The molecular formula is C20H18N2O4. The van der Waals surface area contributed by atoms with Crippen molar-refractivity contribution in [1.82, 2.24) is 0 Å². The molecule has 0 spiro atoms. The van der Waals surface area contributed by atoms with Crippen LogP contribution in [0.25, 0.3) is 10.8 Å². The van der Waals surface area contributed by atoms with Crippen LogP contribution in [-0.4, -0.2) is 25.5 Å². The Labute approximate surface area is 150 Å². The standard InChI is InChI=1S/C20H18N2O4/c1-25-17-8-4-13-5-9-18(11-15(13)10-17)26-12-19(23)22-16-6-2-14(3-7-16)20(21)24/h2-11H,12H2,1H3,(H2,21,24)(H,22,23). The summed E-state index contributed by atoms with van der Waals surface area (Å²) in [6.07, 6.45) is 0. The molecule has 0 aromatic heterocycles. The first kappa shape index (κ1) is 17.3. The van der Waals surface area contributed by atoms with Crippen LogP contribution in [0.5, 0.6) is 11.5 Å². The minimum absolute atomic E-state index is 0.132. The van der Waals surface area contributed by atoms with Gasteiger partial charge in [0.1, 0.15) is 11.5 Å². The Kier molecular flexibility index (Phi) is 5.03. The number of fused-ring (bicyclic) bond motifs is 1. The first-order valence-electron chi connectivity index (χ1n) is 7.95. The van der Waals surface area contributed by atoms with E-state index in [1.165, 1.54) is 0 Å². The van der Waals surface area contributed by atoms with Gasteiger partial charge >= 0.3 is 0 Å². The van der Waals surface area contributed by atoms with Crippen LogP contribution in [0, 0.1) is 0 Å². The van der Waals surface area contributed by atoms with Crippen molar-refractivity contribution in [3.8, 4) is 11.5 Å². The van der Waals surface area contributed by atoms with E-state index < -0.39 is 5.91 Å². The number of benzene rings is 3. The summed E-state index contributed by atoms with van der Waals surface area (Å²) in [6.45, 7) is -0.132. The van der Waals surface area contributed by atoms with Gasteiger partial charge in [-0.1, -0.05) is 12.1 Å². The molecular weight excluding hydrogens is 332 g/mol. The Morgan fingerprint density at radius 3 is 2.23 bits per heavy atom. The molecule has 26 heavy (non-hydrogen) atoms. The highest BCUT2D eigenvalue weighted by molar-refractivity contribution is 5.95. The summed E-state index contributed by atoms with van der Waals surface area (Å²) in [4.78, 5) is 23.1. The lowest BCUT2D eigenvalue weighted by Crippen LogP contribution is -2.20. The summed E-state index contributed by atoms with van der Waals surface area (Å²) in [6, 6.07) is 17.7. The van der Waals surface area contributed by atoms with Crippen LogP contribution in [0.3, 0.4) is 0 Å². The fraction of sp³-hybridized carbons (Fsp3) is 0.100. The van der Waals surface area contributed by atoms with Gasteiger partial charge in [0.25, 0.3) is 5.91 Å². The number of anilines is 1. The summed E-state index contributed by atoms with van der Waals surface area (Å²) < 4.78 is 10.8. The summed E-state index contributed by atoms with van der Waals surface area (Å²) in [7, 11) is 1.61. The van der Waals surface area contributed by atoms with Crippen LogP contribution in [0.2, 0.25) is 0 Å². The summed E-state index contributed by atoms with van der Waals surface area (Å²) >= 11 is 0. The summed E-state index contributed by atoms with van der Waals surface area (Å²) in [5.41, 5.74) is 6.12. The van der Waals surface area contributed by atoms with Crippen molar-refractivity contribution in [2.45, 2.75) is 0 Å². The van der Waals surface area contributed by atoms with Crippen LogP contribution >= 0.6 is 0 Å². The van der Waals surface area contributed by atoms with E-state index in [9.17, 15) is 9.59 Å². The Bertz CT molecular complexity index is 952. The van der Waals surface area contributed by atoms with Crippen molar-refractivity contribution < 1.29 is 19.1 Å². The largest absolute Gasteiger partial charge is 0.497 e. The molecule has 0 fully saturated rings. The van der Waals surface area contributed by atoms with E-state index in [1.807, 2.05) is 36.4 Å². The predicted molar refractivity (Wildman–Crippen MR) is 99.6 cm³/mol. The highest BCUT2D eigenvalue weighted by Gasteiger charge is 2.06. The third kappa shape index (κ3) is 4.10. The van der Waals surface area contributed by atoms with Gasteiger partial charge < -0.3 is 20.5 Å². The normalized spacial score (nSPS) is 10.3. The maximum Gasteiger partial charge on any atom is 0.262 e. The third-order valence-corrected chi connectivity index (χ3v) is 3.84. The number of primary amides is 1. The van der Waals surface area contributed by atoms with Crippen molar-refractivity contribution in [2.75, 3.05) is 19.0 Å². The Morgan fingerprint density at radius 1 is 0.923 bits per heavy atom. The first-order valence-corrected chi connectivity index (χ1v) is 7.95. The number of carbonyl (C=O) groups excluding carboxylic acids is 2. The molecule has 0 radical (unpaired) electrons. The van der Waals surface area contributed by atoms with Crippen molar-refractivity contribution in [3.63, 3.8) is 0 Å². The number of methoxy groups -OCH3 is 1. The van der Waals surface area contributed by atoms with E-state index in [-0.39, 0.29) is 12.5 Å². The molecule has 0 atom stereocenters. The van der Waals surface area contributed by atoms with Crippen LogP contribution in [-0.2, 0) is 4.79 Å². The monoisotopic (exact) mass is 350 g/mol. The van der Waals surface area contributed by atoms with E-state index in [0.29, 0.717) is 17.0 Å². The second kappa shape index (κ2) is 7.57. The molecule has 3 aromatic carbocycles. The van der Waals surface area contributed by atoms with Gasteiger partial charge in [-0.2, -0.15) is 0 Å². The molecule has 0 heterocycles. The quantitative estimate of drug-likeness (QED) is 0.715. The lowest BCUT2D eigenvalue weighted by atomic mass is 10.1. The molecule has 3 rings (SSSR count). The molecule has 0 unspecified atom stereocenters. The second-order valence-electron chi connectivity index (χ2n) is 5.65. The number of amides is 2. The van der Waals surface area contributed by atoms with Gasteiger partial charge in [0, 0.05) is 11.3 Å². The van der Waals surface area contributed by atoms with Crippen LogP contribution in [0.15, 0.2) is 60.7 Å². The minimum atomic E-state index is -0.515. The zero-order chi connectivity index (χ0) is 18.5. The third-order valence-electron chi connectivity index (χ3n) is 3.84. The molecule has 0 aliphatic rings. The molecule has 6 heteroatoms. The minimum Gasteiger partial charge on any atom is -0.497 e. The van der Waals surface area contributed by atoms with Crippen LogP contribution < -0.4 is 20.5 Å². The number of carbonyl (C=O) groups is 2. The van der Waals surface area contributed by atoms with Crippen LogP contribution in [0.4, 0.5) is 5.69 Å². The van der Waals surface area contributed by atoms with Crippen molar-refractivity contribution in [1.29, 1.82) is 0 Å². The Balaban J connectivity index is 1.61. The highest BCUT2D eigenvalue weighted by Crippen LogP contribution is 2.25. The maximum absolute atomic E-state index is 12.0. The molecule has 3 aromatic rings. The number of hydrogen-bond acceptors (Lipinski definition) is 4. The molecule has 3 N–H and O–H groups in total. The number of hydrogen-bond donors (Lipinski definition) is 2. The van der Waals surface area contributed by atoms with Gasteiger partial charge in [0.05, 0.1) is 7.11 Å². The fourth-order valence-electron chi connectivity index (χ4n) is 2.48. The highest BCUT2D eigenvalue weighted by atomic mass is 16.5. The Hall–Kier alpha value is -3.54. The van der Waals surface area contributed by atoms with Gasteiger partial charge in [-0.3, -0.25) is 9.59 Å². The number of ether oxygens (including phenoxy) is 2. The van der Waals surface area contributed by atoms with Crippen molar-refractivity contribution in [3.05, 3.63) is 66.2 Å². The lowest BCUT2D eigenvalue weighted by molar-refractivity contribution is -0.118. The topological polar surface area (TPSA) is 90.7 Å². The van der Waals surface area contributed by atoms with E-state index in [4.69, 9.17) is 15.2 Å². The van der Waals surface area contributed by atoms with Gasteiger partial charge in [0.2, 0.25) is 5.91 Å². The molecule has 0 bridgehead atoms. The van der Waals surface area contributed by atoms with Gasteiger partial charge in [0.15, 0.2) is 6.61 Å². The van der Waals surface area contributed by atoms with Gasteiger partial charge in [-0.05, 0) is 59.3 Å². The molecule has 2 amide bonds. The smallest absolute Gasteiger partial charge is 0.262 e. The average Bonchev–Trinajstić information content (AvgIpc) is 2.66. The fourth-order valence-corrected chi connectivity index (χ4v) is 2.48. The molecule has 0 saturated carbocycles. The predicted octanol–water partition coefficient (Wildman–Crippen LogP) is 2.96. The zero-order valence-corrected chi connectivity index (χ0v) is 14.2. The van der Waals surface area contributed by atoms with Gasteiger partial charge in [-0.25, -0.2) is 0 Å². The first-order chi connectivity index (χ1) is 12.5. The van der Waals surface area contributed by atoms with E-state index in [0.717, 1.165) is 16.5 Å². The zero-order valence-electron chi connectivity index (χ0n) is 14.2. The van der Waals surface area contributed by atoms with Crippen molar-refractivity contribution in [2.24, 2.45) is 5.73 Å². The van der Waals surface area contributed by atoms with E-state index >= 15 is 0 Å². The summed E-state index contributed by atoms with van der Waals surface area (Å²) in [5.74, 6) is 0.526. The summed E-state index contributed by atoms with van der Waals surface area (Å²) in [5, 5.41) is 4.71. The molecule has 0 aliphatic carbocycles. The number of nitrogens with two attached hydrogens (primary N) is 1. The SMILES string of the molecule is COc1ccc2ccc(OCC(=O)Nc3ccc(C(N)=O)cc3)cc2c1. The second-order valence-corrected chi connectivity index (χ2v) is 5.65. The molecule has 0 saturated heterocycles. The van der Waals surface area contributed by atoms with Crippen LogP contribution in [0.1, 0.15) is 10.4 Å². The van der Waals surface area contributed by atoms with Gasteiger partial charge in [-0.15, -0.1) is 0 Å². The number of nitrogens with one attached hydrogen (secondary N) is 1. The Morgan fingerprint density at radius 2 is 1.58 bits per heavy atom. The lowest BCUT2D eigenvalue weighted by Gasteiger charge is -2.09. The van der Waals surface area contributed by atoms with Crippen molar-refractivity contribution >= 4 is 28.3 Å². The maximum atomic E-state index is 12.0. The molecule has 132 valence electrons. The van der Waals surface area contributed by atoms with E-state index in [2.05, 4.69) is 5.32 Å². The average molecular weight is 350 g/mol. The van der Waals surface area contributed by atoms with E-state index in [1.54, 1.807) is 31.4 Å². The number of rotatable bonds is 6. The molecule has 0 aliphatic heterocycles.